The van der Waals surface area contributed by atoms with Crippen molar-refractivity contribution in [3.8, 4) is 17.2 Å². The van der Waals surface area contributed by atoms with Crippen molar-refractivity contribution in [2.45, 2.75) is 19.4 Å². The molecule has 1 fully saturated rings. The number of methoxy groups -OCH3 is 3. The number of hydrogen-bond donors (Lipinski definition) is 1. The molecule has 0 aliphatic carbocycles. The first kappa shape index (κ1) is 21.5. The van der Waals surface area contributed by atoms with Gasteiger partial charge in [-0.15, -0.1) is 0 Å². The molecule has 1 aliphatic rings. The molecule has 0 atom stereocenters. The highest BCUT2D eigenvalue weighted by atomic mass is 16.5. The predicted molar refractivity (Wildman–Crippen MR) is 113 cm³/mol. The average Bonchev–Trinajstić information content (AvgIpc) is 2.81. The molecule has 0 radical (unpaired) electrons. The van der Waals surface area contributed by atoms with Crippen molar-refractivity contribution in [3.05, 3.63) is 53.6 Å². The lowest BCUT2D eigenvalue weighted by molar-refractivity contribution is -0.126. The van der Waals surface area contributed by atoms with Gasteiger partial charge in [-0.1, -0.05) is 18.2 Å². The number of amides is 2. The fraction of sp³-hybridized carbons (Fsp3) is 0.391. The van der Waals surface area contributed by atoms with Gasteiger partial charge in [0, 0.05) is 36.7 Å². The number of carbonyl (C=O) groups excluding carboxylic acids is 2. The van der Waals surface area contributed by atoms with Gasteiger partial charge in [0.25, 0.3) is 5.91 Å². The quantitative estimate of drug-likeness (QED) is 0.757. The van der Waals surface area contributed by atoms with Gasteiger partial charge in [0.15, 0.2) is 11.5 Å². The van der Waals surface area contributed by atoms with Crippen LogP contribution in [-0.4, -0.2) is 51.1 Å². The van der Waals surface area contributed by atoms with Crippen LogP contribution in [0.15, 0.2) is 42.5 Å². The highest BCUT2D eigenvalue weighted by Gasteiger charge is 2.28. The van der Waals surface area contributed by atoms with Crippen molar-refractivity contribution in [2.24, 2.45) is 5.92 Å². The van der Waals surface area contributed by atoms with Crippen molar-refractivity contribution < 1.29 is 23.8 Å². The van der Waals surface area contributed by atoms with E-state index < -0.39 is 0 Å². The molecule has 2 aromatic rings. The number of hydrogen-bond acceptors (Lipinski definition) is 5. The molecule has 160 valence electrons. The zero-order chi connectivity index (χ0) is 21.5. The van der Waals surface area contributed by atoms with Crippen LogP contribution in [0.4, 0.5) is 0 Å². The van der Waals surface area contributed by atoms with Gasteiger partial charge in [-0.3, -0.25) is 9.59 Å². The van der Waals surface area contributed by atoms with Crippen LogP contribution in [0.5, 0.6) is 17.2 Å². The molecule has 30 heavy (non-hydrogen) atoms. The normalized spacial score (nSPS) is 14.2. The summed E-state index contributed by atoms with van der Waals surface area (Å²) in [5.41, 5.74) is 1.49. The Kier molecular flexibility index (Phi) is 7.17. The molecule has 1 aliphatic heterocycles. The molecule has 0 spiro atoms. The number of carbonyl (C=O) groups is 2. The van der Waals surface area contributed by atoms with Crippen LogP contribution in [0.2, 0.25) is 0 Å². The topological polar surface area (TPSA) is 77.1 Å². The highest BCUT2D eigenvalue weighted by molar-refractivity contribution is 5.95. The summed E-state index contributed by atoms with van der Waals surface area (Å²) in [5, 5.41) is 2.99. The lowest BCUT2D eigenvalue weighted by atomic mass is 9.95. The maximum Gasteiger partial charge on any atom is 0.253 e. The van der Waals surface area contributed by atoms with Crippen LogP contribution in [-0.2, 0) is 11.3 Å². The molecule has 2 aromatic carbocycles. The zero-order valence-electron chi connectivity index (χ0n) is 17.6. The van der Waals surface area contributed by atoms with Crippen molar-refractivity contribution >= 4 is 11.8 Å². The summed E-state index contributed by atoms with van der Waals surface area (Å²) in [6.45, 7) is 1.51. The first-order valence-electron chi connectivity index (χ1n) is 9.98. The smallest absolute Gasteiger partial charge is 0.253 e. The summed E-state index contributed by atoms with van der Waals surface area (Å²) in [6.07, 6.45) is 1.27. The number of para-hydroxylation sites is 1. The van der Waals surface area contributed by atoms with Gasteiger partial charge in [-0.05, 0) is 37.1 Å². The second-order valence-electron chi connectivity index (χ2n) is 7.17. The Hall–Kier alpha value is -3.22. The summed E-state index contributed by atoms with van der Waals surface area (Å²) in [7, 11) is 4.72. The van der Waals surface area contributed by atoms with Gasteiger partial charge in [0.2, 0.25) is 5.91 Å². The first-order chi connectivity index (χ1) is 14.6. The van der Waals surface area contributed by atoms with Crippen LogP contribution in [0, 0.1) is 5.92 Å². The second kappa shape index (κ2) is 10.0. The number of ether oxygens (including phenoxy) is 3. The van der Waals surface area contributed by atoms with E-state index >= 15 is 0 Å². The van der Waals surface area contributed by atoms with Gasteiger partial charge in [-0.2, -0.15) is 0 Å². The van der Waals surface area contributed by atoms with Crippen LogP contribution in [0.25, 0.3) is 0 Å². The molecule has 7 heteroatoms. The van der Waals surface area contributed by atoms with E-state index in [1.54, 1.807) is 44.4 Å². The van der Waals surface area contributed by atoms with Crippen molar-refractivity contribution in [1.29, 1.82) is 0 Å². The standard InChI is InChI=1S/C23H28N2O5/c1-28-19-7-5-4-6-18(19)15-24-22(26)16-10-12-25(13-11-16)23(27)17-8-9-20(29-2)21(14-17)30-3/h4-9,14,16H,10-13,15H2,1-3H3,(H,24,26). The molecule has 1 heterocycles. The maximum absolute atomic E-state index is 12.8. The molecule has 0 bridgehead atoms. The Bertz CT molecular complexity index is 891. The third kappa shape index (κ3) is 4.84. The molecule has 3 rings (SSSR count). The van der Waals surface area contributed by atoms with Gasteiger partial charge in [-0.25, -0.2) is 0 Å². The Morgan fingerprint density at radius 3 is 2.27 bits per heavy atom. The lowest BCUT2D eigenvalue weighted by Crippen LogP contribution is -2.42. The van der Waals surface area contributed by atoms with Crippen LogP contribution < -0.4 is 19.5 Å². The fourth-order valence-electron chi connectivity index (χ4n) is 3.67. The van der Waals surface area contributed by atoms with Gasteiger partial charge in [0.1, 0.15) is 5.75 Å². The van der Waals surface area contributed by atoms with E-state index in [0.717, 1.165) is 11.3 Å². The minimum absolute atomic E-state index is 0.0131. The van der Waals surface area contributed by atoms with E-state index in [4.69, 9.17) is 14.2 Å². The number of rotatable bonds is 7. The number of nitrogens with one attached hydrogen (secondary N) is 1. The molecule has 0 unspecified atom stereocenters. The lowest BCUT2D eigenvalue weighted by Gasteiger charge is -2.31. The van der Waals surface area contributed by atoms with E-state index in [9.17, 15) is 9.59 Å². The largest absolute Gasteiger partial charge is 0.496 e. The summed E-state index contributed by atoms with van der Waals surface area (Å²) >= 11 is 0. The first-order valence-corrected chi connectivity index (χ1v) is 9.98. The van der Waals surface area contributed by atoms with E-state index in [-0.39, 0.29) is 17.7 Å². The zero-order valence-corrected chi connectivity index (χ0v) is 17.6. The molecular formula is C23H28N2O5. The van der Waals surface area contributed by atoms with Crippen LogP contribution in [0.1, 0.15) is 28.8 Å². The number of nitrogens with zero attached hydrogens (tertiary/aromatic N) is 1. The fourth-order valence-corrected chi connectivity index (χ4v) is 3.67. The predicted octanol–water partition coefficient (Wildman–Crippen LogP) is 2.88. The maximum atomic E-state index is 12.8. The summed E-state index contributed by atoms with van der Waals surface area (Å²) in [5.74, 6) is 1.71. The molecule has 7 nitrogen and oxygen atoms in total. The summed E-state index contributed by atoms with van der Waals surface area (Å²) in [6, 6.07) is 12.8. The van der Waals surface area contributed by atoms with E-state index in [2.05, 4.69) is 5.32 Å². The second-order valence-corrected chi connectivity index (χ2v) is 7.17. The Balaban J connectivity index is 1.54. The highest BCUT2D eigenvalue weighted by Crippen LogP contribution is 2.29. The van der Waals surface area contributed by atoms with Crippen molar-refractivity contribution in [1.82, 2.24) is 10.2 Å². The Morgan fingerprint density at radius 2 is 1.60 bits per heavy atom. The summed E-state index contributed by atoms with van der Waals surface area (Å²) in [4.78, 5) is 27.2. The number of likely N-dealkylation sites (tertiary alicyclic amines) is 1. The monoisotopic (exact) mass is 412 g/mol. The SMILES string of the molecule is COc1ccccc1CNC(=O)C1CCN(C(=O)c2ccc(OC)c(OC)c2)CC1. The van der Waals surface area contributed by atoms with E-state index in [1.165, 1.54) is 0 Å². The number of benzene rings is 2. The average molecular weight is 412 g/mol. The van der Waals surface area contributed by atoms with Gasteiger partial charge in [0.05, 0.1) is 21.3 Å². The van der Waals surface area contributed by atoms with Gasteiger partial charge >= 0.3 is 0 Å². The molecule has 1 saturated heterocycles. The number of piperidine rings is 1. The van der Waals surface area contributed by atoms with E-state index in [0.29, 0.717) is 49.5 Å². The molecule has 1 N–H and O–H groups in total. The minimum atomic E-state index is -0.103. The van der Waals surface area contributed by atoms with Gasteiger partial charge < -0.3 is 24.4 Å². The van der Waals surface area contributed by atoms with E-state index in [1.807, 2.05) is 24.3 Å². The minimum Gasteiger partial charge on any atom is -0.496 e. The molecule has 0 aromatic heterocycles. The molecule has 2 amide bonds. The van der Waals surface area contributed by atoms with Crippen molar-refractivity contribution in [2.75, 3.05) is 34.4 Å². The van der Waals surface area contributed by atoms with Crippen LogP contribution >= 0.6 is 0 Å². The third-order valence-electron chi connectivity index (χ3n) is 5.43. The Labute approximate surface area is 176 Å². The molecular weight excluding hydrogens is 384 g/mol. The summed E-state index contributed by atoms with van der Waals surface area (Å²) < 4.78 is 15.8. The van der Waals surface area contributed by atoms with Crippen molar-refractivity contribution in [3.63, 3.8) is 0 Å². The van der Waals surface area contributed by atoms with Crippen LogP contribution in [0.3, 0.4) is 0 Å². The molecule has 0 saturated carbocycles. The Morgan fingerprint density at radius 1 is 0.933 bits per heavy atom. The third-order valence-corrected chi connectivity index (χ3v) is 5.43.